The van der Waals surface area contributed by atoms with Crippen LogP contribution in [0.2, 0.25) is 0 Å². The van der Waals surface area contributed by atoms with Crippen LogP contribution in [0.15, 0.2) is 12.2 Å². The molecule has 2 atom stereocenters. The van der Waals surface area contributed by atoms with Gasteiger partial charge in [0.1, 0.15) is 0 Å². The highest BCUT2D eigenvalue weighted by molar-refractivity contribution is 5.74. The molecule has 1 aliphatic rings. The van der Waals surface area contributed by atoms with E-state index < -0.39 is 5.41 Å². The van der Waals surface area contributed by atoms with Gasteiger partial charge in [-0.2, -0.15) is 5.26 Å². The summed E-state index contributed by atoms with van der Waals surface area (Å²) in [5.41, 5.74) is -0.545. The number of hydrogen-bond donors (Lipinski definition) is 0. The van der Waals surface area contributed by atoms with Gasteiger partial charge in [-0.3, -0.25) is 4.79 Å². The van der Waals surface area contributed by atoms with Crippen molar-refractivity contribution in [3.63, 3.8) is 0 Å². The molecule has 0 bridgehead atoms. The average Bonchev–Trinajstić information content (AvgIpc) is 2.39. The Morgan fingerprint density at radius 3 is 2.83 bits per heavy atom. The van der Waals surface area contributed by atoms with E-state index in [0.29, 0.717) is 19.4 Å². The van der Waals surface area contributed by atoms with E-state index in [9.17, 15) is 10.1 Å². The summed E-state index contributed by atoms with van der Waals surface area (Å²) < 4.78 is 5.12. The number of allylic oxidation sites excluding steroid dienone is 2. The zero-order valence-corrected chi connectivity index (χ0v) is 11.4. The summed E-state index contributed by atoms with van der Waals surface area (Å²) in [6.07, 6.45) is 9.39. The molecule has 0 heterocycles. The minimum Gasteiger partial charge on any atom is -0.466 e. The molecule has 3 nitrogen and oxygen atoms in total. The van der Waals surface area contributed by atoms with Gasteiger partial charge in [0.25, 0.3) is 0 Å². The topological polar surface area (TPSA) is 50.1 Å². The van der Waals surface area contributed by atoms with Gasteiger partial charge < -0.3 is 4.74 Å². The lowest BCUT2D eigenvalue weighted by molar-refractivity contribution is -0.152. The largest absolute Gasteiger partial charge is 0.466 e. The number of carbonyl (C=O) groups is 1. The summed E-state index contributed by atoms with van der Waals surface area (Å²) in [6, 6.07) is 2.41. The van der Waals surface area contributed by atoms with Crippen molar-refractivity contribution in [3.05, 3.63) is 12.2 Å². The molecule has 100 valence electrons. The van der Waals surface area contributed by atoms with Crippen molar-refractivity contribution in [2.45, 2.75) is 52.4 Å². The van der Waals surface area contributed by atoms with E-state index >= 15 is 0 Å². The molecule has 1 aliphatic carbocycles. The molecular weight excluding hydrogens is 226 g/mol. The van der Waals surface area contributed by atoms with Crippen LogP contribution in [0.1, 0.15) is 52.4 Å². The van der Waals surface area contributed by atoms with Gasteiger partial charge in [0, 0.05) is 0 Å². The van der Waals surface area contributed by atoms with Crippen molar-refractivity contribution in [1.29, 1.82) is 5.26 Å². The standard InChI is InChI=1S/C15H23NO2/c1-3-5-7-10-15(12-16)11-8-6-9-13(15)14(17)18-4-2/h6,8,13H,3-5,7,9-11H2,1-2H3. The second-order valence-electron chi connectivity index (χ2n) is 4.94. The fraction of sp³-hybridized carbons (Fsp3) is 0.733. The van der Waals surface area contributed by atoms with Crippen LogP contribution in [0.25, 0.3) is 0 Å². The summed E-state index contributed by atoms with van der Waals surface area (Å²) in [5, 5.41) is 9.54. The number of hydrogen-bond acceptors (Lipinski definition) is 3. The second-order valence-corrected chi connectivity index (χ2v) is 4.94. The van der Waals surface area contributed by atoms with E-state index in [2.05, 4.69) is 13.0 Å². The lowest BCUT2D eigenvalue weighted by atomic mass is 9.67. The molecule has 0 amide bonds. The Hall–Kier alpha value is -1.30. The van der Waals surface area contributed by atoms with Crippen LogP contribution in [0.4, 0.5) is 0 Å². The van der Waals surface area contributed by atoms with Crippen LogP contribution in [-0.4, -0.2) is 12.6 Å². The van der Waals surface area contributed by atoms with Crippen LogP contribution in [0.3, 0.4) is 0 Å². The molecule has 0 spiro atoms. The lowest BCUT2D eigenvalue weighted by Crippen LogP contribution is -2.37. The van der Waals surface area contributed by atoms with Gasteiger partial charge in [-0.1, -0.05) is 38.3 Å². The minimum absolute atomic E-state index is 0.208. The first-order chi connectivity index (χ1) is 8.70. The third-order valence-electron chi connectivity index (χ3n) is 3.71. The van der Waals surface area contributed by atoms with E-state index in [1.807, 2.05) is 19.1 Å². The van der Waals surface area contributed by atoms with Crippen molar-refractivity contribution in [2.24, 2.45) is 11.3 Å². The van der Waals surface area contributed by atoms with Crippen molar-refractivity contribution in [1.82, 2.24) is 0 Å². The van der Waals surface area contributed by atoms with Gasteiger partial charge in [0.15, 0.2) is 0 Å². The molecule has 0 aromatic rings. The number of unbranched alkanes of at least 4 members (excludes halogenated alkanes) is 2. The van der Waals surface area contributed by atoms with Gasteiger partial charge in [-0.15, -0.1) is 0 Å². The number of esters is 1. The average molecular weight is 249 g/mol. The first kappa shape index (κ1) is 14.8. The van der Waals surface area contributed by atoms with E-state index in [1.54, 1.807) is 0 Å². The van der Waals surface area contributed by atoms with Crippen molar-refractivity contribution in [3.8, 4) is 6.07 Å². The van der Waals surface area contributed by atoms with E-state index in [0.717, 1.165) is 25.7 Å². The fourth-order valence-electron chi connectivity index (χ4n) is 2.60. The van der Waals surface area contributed by atoms with Crippen LogP contribution < -0.4 is 0 Å². The third-order valence-corrected chi connectivity index (χ3v) is 3.71. The summed E-state index contributed by atoms with van der Waals surface area (Å²) in [5.74, 6) is -0.496. The quantitative estimate of drug-likeness (QED) is 0.410. The lowest BCUT2D eigenvalue weighted by Gasteiger charge is -2.34. The van der Waals surface area contributed by atoms with Crippen molar-refractivity contribution < 1.29 is 9.53 Å². The number of nitriles is 1. The summed E-state index contributed by atoms with van der Waals surface area (Å²) >= 11 is 0. The highest BCUT2D eigenvalue weighted by Gasteiger charge is 2.43. The molecule has 0 aliphatic heterocycles. The summed E-state index contributed by atoms with van der Waals surface area (Å²) in [6.45, 7) is 4.33. The van der Waals surface area contributed by atoms with Crippen molar-refractivity contribution >= 4 is 5.97 Å². The molecule has 2 unspecified atom stereocenters. The van der Waals surface area contributed by atoms with Crippen LogP contribution in [0.5, 0.6) is 0 Å². The molecular formula is C15H23NO2. The fourth-order valence-corrected chi connectivity index (χ4v) is 2.60. The van der Waals surface area contributed by atoms with Crippen molar-refractivity contribution in [2.75, 3.05) is 6.61 Å². The monoisotopic (exact) mass is 249 g/mol. The summed E-state index contributed by atoms with van der Waals surface area (Å²) in [4.78, 5) is 12.0. The number of ether oxygens (including phenoxy) is 1. The Morgan fingerprint density at radius 2 is 2.22 bits per heavy atom. The molecule has 0 aromatic carbocycles. The first-order valence-electron chi connectivity index (χ1n) is 6.93. The van der Waals surface area contributed by atoms with E-state index in [-0.39, 0.29) is 11.9 Å². The van der Waals surface area contributed by atoms with Gasteiger partial charge in [0.05, 0.1) is 24.0 Å². The van der Waals surface area contributed by atoms with Crippen LogP contribution in [-0.2, 0) is 9.53 Å². The molecule has 18 heavy (non-hydrogen) atoms. The maximum Gasteiger partial charge on any atom is 0.310 e. The Balaban J connectivity index is 2.80. The zero-order valence-electron chi connectivity index (χ0n) is 11.4. The van der Waals surface area contributed by atoms with Gasteiger partial charge in [-0.25, -0.2) is 0 Å². The molecule has 3 heteroatoms. The molecule has 0 aromatic heterocycles. The molecule has 0 saturated carbocycles. The zero-order chi connectivity index (χ0) is 13.4. The molecule has 0 saturated heterocycles. The molecule has 1 rings (SSSR count). The van der Waals surface area contributed by atoms with Gasteiger partial charge >= 0.3 is 5.97 Å². The van der Waals surface area contributed by atoms with E-state index in [4.69, 9.17) is 4.74 Å². The summed E-state index contributed by atoms with van der Waals surface area (Å²) in [7, 11) is 0. The van der Waals surface area contributed by atoms with E-state index in [1.165, 1.54) is 0 Å². The highest BCUT2D eigenvalue weighted by Crippen LogP contribution is 2.42. The van der Waals surface area contributed by atoms with Gasteiger partial charge in [-0.05, 0) is 26.2 Å². The maximum atomic E-state index is 12.0. The molecule has 0 N–H and O–H groups in total. The van der Waals surface area contributed by atoms with Crippen LogP contribution >= 0.6 is 0 Å². The minimum atomic E-state index is -0.545. The van der Waals surface area contributed by atoms with Gasteiger partial charge in [0.2, 0.25) is 0 Å². The number of carbonyl (C=O) groups excluding carboxylic acids is 1. The Labute approximate surface area is 110 Å². The maximum absolute atomic E-state index is 12.0. The first-order valence-corrected chi connectivity index (χ1v) is 6.93. The molecule has 0 fully saturated rings. The smallest absolute Gasteiger partial charge is 0.310 e. The highest BCUT2D eigenvalue weighted by atomic mass is 16.5. The Morgan fingerprint density at radius 1 is 1.44 bits per heavy atom. The normalized spacial score (nSPS) is 26.6. The Bertz CT molecular complexity index is 343. The SMILES string of the molecule is CCCCCC1(C#N)CC=CCC1C(=O)OCC. The van der Waals surface area contributed by atoms with Crippen LogP contribution in [0, 0.1) is 22.7 Å². The predicted molar refractivity (Wildman–Crippen MR) is 70.7 cm³/mol. The third kappa shape index (κ3) is 3.35. The molecule has 0 radical (unpaired) electrons. The predicted octanol–water partition coefficient (Wildman–Crippen LogP) is 3.61. The Kier molecular flexibility index (Phi) is 5.91. The number of nitrogens with zero attached hydrogens (tertiary/aromatic N) is 1. The number of rotatable bonds is 6. The second kappa shape index (κ2) is 7.20.